The highest BCUT2D eigenvalue weighted by atomic mass is 35.5. The summed E-state index contributed by atoms with van der Waals surface area (Å²) in [5, 5.41) is 3.17. The van der Waals surface area contributed by atoms with Crippen molar-refractivity contribution in [2.45, 2.75) is 38.2 Å². The number of nitrogens with zero attached hydrogens (tertiary/aromatic N) is 1. The van der Waals surface area contributed by atoms with Gasteiger partial charge in [0, 0.05) is 50.7 Å². The van der Waals surface area contributed by atoms with E-state index in [-0.39, 0.29) is 17.9 Å². The Morgan fingerprint density at radius 2 is 2.07 bits per heavy atom. The van der Waals surface area contributed by atoms with Crippen molar-refractivity contribution in [2.24, 2.45) is 0 Å². The minimum Gasteiger partial charge on any atom is -0.489 e. The first-order valence-corrected chi connectivity index (χ1v) is 10.2. The fourth-order valence-corrected chi connectivity index (χ4v) is 3.76. The molecule has 1 heterocycles. The number of piperidine rings is 1. The molecule has 1 fully saturated rings. The molecule has 1 aliphatic heterocycles. The van der Waals surface area contributed by atoms with Crippen LogP contribution in [0.15, 0.2) is 29.8 Å². The molecule has 0 atom stereocenters. The number of methoxy groups -OCH3 is 1. The van der Waals surface area contributed by atoms with Gasteiger partial charge in [-0.25, -0.2) is 0 Å². The SMILES string of the molecule is COCCNC(=O)c1ccc(OC2CCN(C(=O)C3=CCCC3)CC2)c(Cl)c1. The molecule has 7 heteroatoms. The number of ether oxygens (including phenoxy) is 2. The largest absolute Gasteiger partial charge is 0.489 e. The highest BCUT2D eigenvalue weighted by Gasteiger charge is 2.27. The van der Waals surface area contributed by atoms with Crippen molar-refractivity contribution in [1.82, 2.24) is 10.2 Å². The van der Waals surface area contributed by atoms with Crippen molar-refractivity contribution < 1.29 is 19.1 Å². The van der Waals surface area contributed by atoms with Gasteiger partial charge in [-0.2, -0.15) is 0 Å². The predicted molar refractivity (Wildman–Crippen MR) is 108 cm³/mol. The van der Waals surface area contributed by atoms with Crippen molar-refractivity contribution >= 4 is 23.4 Å². The Kier molecular flexibility index (Phi) is 7.34. The summed E-state index contributed by atoms with van der Waals surface area (Å²) in [6, 6.07) is 5.05. The molecule has 28 heavy (non-hydrogen) atoms. The Morgan fingerprint density at radius 3 is 2.71 bits per heavy atom. The van der Waals surface area contributed by atoms with Crippen molar-refractivity contribution in [3.63, 3.8) is 0 Å². The number of nitrogens with one attached hydrogen (secondary N) is 1. The fraction of sp³-hybridized carbons (Fsp3) is 0.524. The summed E-state index contributed by atoms with van der Waals surface area (Å²) in [5.41, 5.74) is 1.44. The van der Waals surface area contributed by atoms with E-state index in [4.69, 9.17) is 21.1 Å². The molecule has 1 N–H and O–H groups in total. The summed E-state index contributed by atoms with van der Waals surface area (Å²) < 4.78 is 11.0. The molecule has 0 saturated carbocycles. The van der Waals surface area contributed by atoms with Gasteiger partial charge in [0.25, 0.3) is 5.91 Å². The molecular formula is C21H27ClN2O4. The van der Waals surface area contributed by atoms with Gasteiger partial charge in [-0.1, -0.05) is 17.7 Å². The van der Waals surface area contributed by atoms with E-state index in [1.165, 1.54) is 0 Å². The van der Waals surface area contributed by atoms with Crippen LogP contribution in [0.25, 0.3) is 0 Å². The molecule has 0 aromatic heterocycles. The number of allylic oxidation sites excluding steroid dienone is 1. The van der Waals surface area contributed by atoms with E-state index in [2.05, 4.69) is 11.4 Å². The average Bonchev–Trinajstić information content (AvgIpc) is 3.24. The van der Waals surface area contributed by atoms with Crippen LogP contribution >= 0.6 is 11.6 Å². The minimum atomic E-state index is -0.196. The van der Waals surface area contributed by atoms with E-state index < -0.39 is 0 Å². The first-order valence-electron chi connectivity index (χ1n) is 9.80. The van der Waals surface area contributed by atoms with Crippen LogP contribution in [0.5, 0.6) is 5.75 Å². The number of benzene rings is 1. The van der Waals surface area contributed by atoms with Gasteiger partial charge in [-0.15, -0.1) is 0 Å². The third kappa shape index (κ3) is 5.26. The summed E-state index contributed by atoms with van der Waals surface area (Å²) in [5.74, 6) is 0.551. The van der Waals surface area contributed by atoms with E-state index >= 15 is 0 Å². The van der Waals surface area contributed by atoms with Gasteiger partial charge in [0.15, 0.2) is 0 Å². The van der Waals surface area contributed by atoms with E-state index in [0.717, 1.165) is 37.7 Å². The van der Waals surface area contributed by atoms with Gasteiger partial charge in [0.2, 0.25) is 5.91 Å². The third-order valence-corrected chi connectivity index (χ3v) is 5.42. The summed E-state index contributed by atoms with van der Waals surface area (Å²) >= 11 is 6.32. The highest BCUT2D eigenvalue weighted by Crippen LogP contribution is 2.29. The molecule has 0 radical (unpaired) electrons. The molecule has 1 saturated heterocycles. The zero-order chi connectivity index (χ0) is 19.9. The quantitative estimate of drug-likeness (QED) is 0.706. The Bertz CT molecular complexity index is 742. The Balaban J connectivity index is 1.50. The number of amides is 2. The number of likely N-dealkylation sites (tertiary alicyclic amines) is 1. The summed E-state index contributed by atoms with van der Waals surface area (Å²) in [7, 11) is 1.58. The highest BCUT2D eigenvalue weighted by molar-refractivity contribution is 6.32. The molecular weight excluding hydrogens is 380 g/mol. The zero-order valence-electron chi connectivity index (χ0n) is 16.2. The van der Waals surface area contributed by atoms with Crippen molar-refractivity contribution in [3.05, 3.63) is 40.4 Å². The van der Waals surface area contributed by atoms with Crippen LogP contribution < -0.4 is 10.1 Å². The number of hydrogen-bond donors (Lipinski definition) is 1. The topological polar surface area (TPSA) is 67.9 Å². The van der Waals surface area contributed by atoms with Gasteiger partial charge < -0.3 is 19.7 Å². The monoisotopic (exact) mass is 406 g/mol. The van der Waals surface area contributed by atoms with Gasteiger partial charge in [0.1, 0.15) is 11.9 Å². The zero-order valence-corrected chi connectivity index (χ0v) is 17.0. The Labute approximate surface area is 170 Å². The normalized spacial score (nSPS) is 17.4. The number of halogens is 1. The maximum absolute atomic E-state index is 12.5. The molecule has 2 amide bonds. The summed E-state index contributed by atoms with van der Waals surface area (Å²) in [6.07, 6.45) is 6.62. The lowest BCUT2D eigenvalue weighted by Crippen LogP contribution is -2.42. The second kappa shape index (κ2) is 9.94. The average molecular weight is 407 g/mol. The maximum atomic E-state index is 12.5. The minimum absolute atomic E-state index is 0.0143. The third-order valence-electron chi connectivity index (χ3n) is 5.12. The van der Waals surface area contributed by atoms with Crippen LogP contribution in [0.1, 0.15) is 42.5 Å². The standard InChI is InChI=1S/C21H27ClN2O4/c1-27-13-10-23-20(25)16-6-7-19(18(22)14-16)28-17-8-11-24(12-9-17)21(26)15-4-2-3-5-15/h4,6-7,14,17H,2-3,5,8-13H2,1H3,(H,23,25). The van der Waals surface area contributed by atoms with Crippen LogP contribution in [0.4, 0.5) is 0 Å². The molecule has 2 aliphatic rings. The van der Waals surface area contributed by atoms with E-state index in [9.17, 15) is 9.59 Å². The van der Waals surface area contributed by atoms with Crippen LogP contribution in [0, 0.1) is 0 Å². The van der Waals surface area contributed by atoms with E-state index in [1.807, 2.05) is 4.90 Å². The number of rotatable bonds is 7. The maximum Gasteiger partial charge on any atom is 0.251 e. The van der Waals surface area contributed by atoms with Crippen molar-refractivity contribution in [1.29, 1.82) is 0 Å². The number of carbonyl (C=O) groups is 2. The second-order valence-corrected chi connectivity index (χ2v) is 7.53. The molecule has 1 aliphatic carbocycles. The van der Waals surface area contributed by atoms with Gasteiger partial charge in [-0.3, -0.25) is 9.59 Å². The predicted octanol–water partition coefficient (Wildman–Crippen LogP) is 3.20. The lowest BCUT2D eigenvalue weighted by molar-refractivity contribution is -0.129. The summed E-state index contributed by atoms with van der Waals surface area (Å²) in [4.78, 5) is 26.5. The summed E-state index contributed by atoms with van der Waals surface area (Å²) in [6.45, 7) is 2.29. The van der Waals surface area contributed by atoms with Crippen molar-refractivity contribution in [3.8, 4) is 5.75 Å². The Morgan fingerprint density at radius 1 is 1.29 bits per heavy atom. The smallest absolute Gasteiger partial charge is 0.251 e. The van der Waals surface area contributed by atoms with E-state index in [1.54, 1.807) is 25.3 Å². The molecule has 0 spiro atoms. The van der Waals surface area contributed by atoms with Crippen LogP contribution in [0.2, 0.25) is 5.02 Å². The molecule has 6 nitrogen and oxygen atoms in total. The van der Waals surface area contributed by atoms with Crippen LogP contribution in [-0.2, 0) is 9.53 Å². The van der Waals surface area contributed by atoms with E-state index in [0.29, 0.717) is 42.6 Å². The number of carbonyl (C=O) groups excluding carboxylic acids is 2. The molecule has 1 aromatic carbocycles. The molecule has 1 aromatic rings. The van der Waals surface area contributed by atoms with Gasteiger partial charge in [-0.05, 0) is 37.5 Å². The van der Waals surface area contributed by atoms with Crippen LogP contribution in [0.3, 0.4) is 0 Å². The first-order chi connectivity index (χ1) is 13.6. The fourth-order valence-electron chi connectivity index (χ4n) is 3.53. The van der Waals surface area contributed by atoms with Gasteiger partial charge >= 0.3 is 0 Å². The second-order valence-electron chi connectivity index (χ2n) is 7.12. The first kappa shape index (κ1) is 20.7. The molecule has 0 bridgehead atoms. The Hall–Kier alpha value is -2.05. The molecule has 152 valence electrons. The van der Waals surface area contributed by atoms with Crippen molar-refractivity contribution in [2.75, 3.05) is 33.4 Å². The molecule has 3 rings (SSSR count). The lowest BCUT2D eigenvalue weighted by Gasteiger charge is -2.32. The number of hydrogen-bond acceptors (Lipinski definition) is 4. The van der Waals surface area contributed by atoms with Gasteiger partial charge in [0.05, 0.1) is 11.6 Å². The lowest BCUT2D eigenvalue weighted by atomic mass is 10.1. The van der Waals surface area contributed by atoms with Crippen LogP contribution in [-0.4, -0.2) is 56.2 Å². The molecule has 0 unspecified atom stereocenters.